The molecule has 0 unspecified atom stereocenters. The van der Waals surface area contributed by atoms with E-state index in [4.69, 9.17) is 42.6 Å². The number of benzene rings is 1. The number of carbonyl (C=O) groups excluding carboxylic acids is 8. The Morgan fingerprint density at radius 1 is 0.790 bits per heavy atom. The Bertz CT molecular complexity index is 2140. The molecule has 334 valence electrons. The number of hydrogen-bond donors (Lipinski definition) is 1. The van der Waals surface area contributed by atoms with Gasteiger partial charge in [-0.05, 0) is 50.5 Å². The molecule has 1 aromatic carbocycles. The number of fused-ring (bicyclic) bond motifs is 5. The lowest BCUT2D eigenvalue weighted by Crippen LogP contribution is -2.89. The summed E-state index contributed by atoms with van der Waals surface area (Å²) in [5, 5.41) is 13.6. The van der Waals surface area contributed by atoms with Gasteiger partial charge in [0.05, 0.1) is 23.0 Å². The summed E-state index contributed by atoms with van der Waals surface area (Å²) in [5.41, 5.74) is -9.92. The Kier molecular flexibility index (Phi) is 12.6. The maximum atomic E-state index is 14.4. The number of esters is 8. The molecule has 4 aliphatic rings. The van der Waals surface area contributed by atoms with Gasteiger partial charge in [0.25, 0.3) is 0 Å². The first-order valence-electron chi connectivity index (χ1n) is 19.9. The third kappa shape index (κ3) is 7.76. The highest BCUT2D eigenvalue weighted by atomic mass is 16.7. The fourth-order valence-corrected chi connectivity index (χ4v) is 9.75. The molecule has 6 rings (SSSR count). The van der Waals surface area contributed by atoms with Gasteiger partial charge in [0.2, 0.25) is 0 Å². The van der Waals surface area contributed by atoms with E-state index in [1.54, 1.807) is 12.1 Å². The molecule has 62 heavy (non-hydrogen) atoms. The van der Waals surface area contributed by atoms with Crippen molar-refractivity contribution in [3.05, 3.63) is 65.5 Å². The van der Waals surface area contributed by atoms with Crippen LogP contribution >= 0.6 is 0 Å². The van der Waals surface area contributed by atoms with E-state index in [0.29, 0.717) is 5.56 Å². The minimum Gasteiger partial charge on any atom is -0.465 e. The number of carbonyl (C=O) groups is 8. The topological polar surface area (TPSA) is 253 Å². The first-order chi connectivity index (χ1) is 29.1. The molecule has 1 saturated heterocycles. The van der Waals surface area contributed by atoms with Crippen molar-refractivity contribution in [1.82, 2.24) is 4.98 Å². The second-order valence-electron chi connectivity index (χ2n) is 16.5. The fourth-order valence-electron chi connectivity index (χ4n) is 9.75. The number of aromatic nitrogens is 1. The lowest BCUT2D eigenvalue weighted by Gasteiger charge is -2.67. The average Bonchev–Trinajstić information content (AvgIpc) is 3.41. The Morgan fingerprint density at radius 2 is 1.39 bits per heavy atom. The molecule has 19 heteroatoms. The van der Waals surface area contributed by atoms with E-state index in [1.807, 2.05) is 0 Å². The molecular weight excluding hydrogens is 818 g/mol. The van der Waals surface area contributed by atoms with Crippen LogP contribution in [0.2, 0.25) is 0 Å². The molecule has 1 N–H and O–H groups in total. The second kappa shape index (κ2) is 17.1. The van der Waals surface area contributed by atoms with Gasteiger partial charge < -0.3 is 47.7 Å². The molecule has 2 aliphatic carbocycles. The number of aliphatic hydroxyl groups is 1. The standard InChI is InChI=1S/C43H49NO18/c1-21-14-15-27-16-17-44-18-29(27)39(52)55-19-40(7)30-31(56-23(3)46)35(58-25(5)48)42(20-54-22(2)45)36(59-26(6)49)32(60-38(51)28-12-10-9-11-13-28)34(61-37(21)50)41(8,53)43(42,62-40)33(30)57-24(4)47/h9-13,16-18,21,30-36,53H,14-15,19-20H2,1-8H3/t21-,30+,31+,32-,33+,34-,35+,36-,40-,41+,42+,43-/m0/s1. The number of pyridine rings is 1. The highest BCUT2D eigenvalue weighted by Crippen LogP contribution is 2.70. The molecular formula is C43H49NO18. The number of hydrogen-bond acceptors (Lipinski definition) is 19. The van der Waals surface area contributed by atoms with Crippen molar-refractivity contribution < 1.29 is 86.1 Å². The SMILES string of the molecule is CC(=O)OC[C@]12[C@H](OC(C)=O)[C@H](OC(C)=O)[C@@H]3[C@@H](OC(C)=O)[C@@]14O[C@@]3(C)COC(=O)c1cnccc1CC[C@H](C)C(=O)O[C@@H]([C@H](OC(=O)c1ccccc1)[C@@H]2OC(C)=O)[C@@]4(C)O. The summed E-state index contributed by atoms with van der Waals surface area (Å²) >= 11 is 0. The molecule has 3 fully saturated rings. The van der Waals surface area contributed by atoms with E-state index in [0.717, 1.165) is 41.5 Å². The predicted octanol–water partition coefficient (Wildman–Crippen LogP) is 2.16. The first kappa shape index (κ1) is 45.6. The smallest absolute Gasteiger partial charge is 0.340 e. The van der Waals surface area contributed by atoms with Crippen LogP contribution in [0, 0.1) is 17.3 Å². The lowest BCUT2D eigenvalue weighted by molar-refractivity contribution is -0.386. The van der Waals surface area contributed by atoms with Crippen LogP contribution in [-0.4, -0.2) is 124 Å². The Labute approximate surface area is 355 Å². The van der Waals surface area contributed by atoms with E-state index in [9.17, 15) is 43.5 Å². The third-order valence-corrected chi connectivity index (χ3v) is 12.1. The highest BCUT2D eigenvalue weighted by Gasteiger charge is 2.92. The molecule has 0 amide bonds. The van der Waals surface area contributed by atoms with Crippen molar-refractivity contribution in [3.8, 4) is 0 Å². The van der Waals surface area contributed by atoms with Crippen molar-refractivity contribution in [3.63, 3.8) is 0 Å². The van der Waals surface area contributed by atoms with Crippen LogP contribution in [-0.2, 0) is 77.8 Å². The van der Waals surface area contributed by atoms with Gasteiger partial charge in [-0.2, -0.15) is 0 Å². The summed E-state index contributed by atoms with van der Waals surface area (Å²) in [6.45, 7) is 7.18. The number of ether oxygens (including phenoxy) is 9. The van der Waals surface area contributed by atoms with Crippen LogP contribution in [0.1, 0.15) is 88.1 Å². The molecule has 0 radical (unpaired) electrons. The second-order valence-corrected chi connectivity index (χ2v) is 16.5. The highest BCUT2D eigenvalue weighted by molar-refractivity contribution is 5.91. The largest absolute Gasteiger partial charge is 0.465 e. The summed E-state index contributed by atoms with van der Waals surface area (Å²) in [6.07, 6.45) is -9.25. The average molecular weight is 868 g/mol. The zero-order chi connectivity index (χ0) is 45.5. The summed E-state index contributed by atoms with van der Waals surface area (Å²) in [4.78, 5) is 113. The number of rotatable bonds is 8. The monoisotopic (exact) mass is 867 g/mol. The van der Waals surface area contributed by atoms with Crippen molar-refractivity contribution in [1.29, 1.82) is 0 Å². The predicted molar refractivity (Wildman–Crippen MR) is 205 cm³/mol. The van der Waals surface area contributed by atoms with Crippen LogP contribution in [0.4, 0.5) is 0 Å². The van der Waals surface area contributed by atoms with Gasteiger partial charge >= 0.3 is 47.8 Å². The van der Waals surface area contributed by atoms with Crippen LogP contribution in [0.5, 0.6) is 0 Å². The molecule has 2 saturated carbocycles. The van der Waals surface area contributed by atoms with E-state index >= 15 is 0 Å². The normalized spacial score (nSPS) is 35.0. The van der Waals surface area contributed by atoms with Gasteiger partial charge in [-0.1, -0.05) is 25.1 Å². The maximum Gasteiger partial charge on any atom is 0.340 e. The molecule has 2 aromatic rings. The molecule has 19 nitrogen and oxygen atoms in total. The van der Waals surface area contributed by atoms with Crippen LogP contribution in [0.15, 0.2) is 48.8 Å². The molecule has 1 spiro atoms. The number of cyclic esters (lactones) is 1. The number of aryl methyl sites for hydroxylation is 1. The van der Waals surface area contributed by atoms with E-state index in [1.165, 1.54) is 50.5 Å². The summed E-state index contributed by atoms with van der Waals surface area (Å²) in [5.74, 6) is -10.6. The molecule has 12 atom stereocenters. The molecule has 2 aliphatic heterocycles. The molecule has 1 aromatic heterocycles. The van der Waals surface area contributed by atoms with Gasteiger partial charge in [0, 0.05) is 47.0 Å². The summed E-state index contributed by atoms with van der Waals surface area (Å²) < 4.78 is 55.3. The number of nitrogens with zero attached hydrogens (tertiary/aromatic N) is 1. The minimum absolute atomic E-state index is 0.0225. The Balaban J connectivity index is 1.77. The Hall–Kier alpha value is -5.95. The third-order valence-electron chi connectivity index (χ3n) is 12.1. The van der Waals surface area contributed by atoms with Crippen molar-refractivity contribution >= 4 is 47.8 Å². The summed E-state index contributed by atoms with van der Waals surface area (Å²) in [6, 6.07) is 9.03. The zero-order valence-electron chi connectivity index (χ0n) is 35.4. The van der Waals surface area contributed by atoms with Gasteiger partial charge in [0.1, 0.15) is 42.0 Å². The van der Waals surface area contributed by atoms with Crippen LogP contribution in [0.3, 0.4) is 0 Å². The van der Waals surface area contributed by atoms with Gasteiger partial charge in [-0.25, -0.2) is 9.59 Å². The molecule has 4 bridgehead atoms. The molecule has 3 heterocycles. The lowest BCUT2D eigenvalue weighted by atomic mass is 9.45. The fraction of sp³-hybridized carbons (Fsp3) is 0.558. The quantitative estimate of drug-likeness (QED) is 0.295. The van der Waals surface area contributed by atoms with Gasteiger partial charge in [-0.15, -0.1) is 0 Å². The van der Waals surface area contributed by atoms with Gasteiger partial charge in [0.15, 0.2) is 30.0 Å². The van der Waals surface area contributed by atoms with Crippen molar-refractivity contribution in [2.24, 2.45) is 17.3 Å². The van der Waals surface area contributed by atoms with E-state index < -0.39 is 132 Å². The zero-order valence-corrected chi connectivity index (χ0v) is 35.4. The van der Waals surface area contributed by atoms with Crippen LogP contribution in [0.25, 0.3) is 0 Å². The van der Waals surface area contributed by atoms with Crippen molar-refractivity contribution in [2.45, 2.75) is 122 Å². The summed E-state index contributed by atoms with van der Waals surface area (Å²) in [7, 11) is 0. The first-order valence-corrected chi connectivity index (χ1v) is 19.9. The minimum atomic E-state index is -2.85. The van der Waals surface area contributed by atoms with Gasteiger partial charge in [-0.3, -0.25) is 33.8 Å². The van der Waals surface area contributed by atoms with E-state index in [2.05, 4.69) is 4.98 Å². The van der Waals surface area contributed by atoms with Crippen molar-refractivity contribution in [2.75, 3.05) is 13.2 Å². The van der Waals surface area contributed by atoms with Crippen LogP contribution < -0.4 is 0 Å². The maximum absolute atomic E-state index is 14.4. The van der Waals surface area contributed by atoms with E-state index in [-0.39, 0.29) is 24.0 Å². The Morgan fingerprint density at radius 3 is 1.98 bits per heavy atom.